The smallest absolute Gasteiger partial charge is 0.258 e. The lowest BCUT2D eigenvalue weighted by atomic mass is 10.0. The highest BCUT2D eigenvalue weighted by molar-refractivity contribution is 7.89. The Morgan fingerprint density at radius 2 is 1.83 bits per heavy atom. The van der Waals surface area contributed by atoms with E-state index in [1.807, 2.05) is 13.8 Å². The van der Waals surface area contributed by atoms with Crippen LogP contribution in [0.4, 0.5) is 10.1 Å². The van der Waals surface area contributed by atoms with Gasteiger partial charge in [-0.3, -0.25) is 14.6 Å². The number of carbonyl (C=O) groups is 2. The summed E-state index contributed by atoms with van der Waals surface area (Å²) >= 11 is 0. The Balaban J connectivity index is 1.65. The molecule has 4 rings (SSSR count). The van der Waals surface area contributed by atoms with Crippen LogP contribution in [-0.4, -0.2) is 91.1 Å². The molecule has 0 saturated heterocycles. The molecule has 0 bridgehead atoms. The lowest BCUT2D eigenvalue weighted by molar-refractivity contribution is -0.00834. The van der Waals surface area contributed by atoms with E-state index in [1.54, 1.807) is 37.3 Å². The standard InChI is InChI=1S/C34H43FN4O7S/c1-23-20-39(24(2)22-40)34(42)30-19-28(37-33(41)26-14-16-36-17-15-26)10-13-31(30)46-25(3)7-5-6-18-45-32(23)21-38(4)47(43,44)29-11-8-27(35)9-12-29/h8-17,19,23-25,32,40H,5-7,18,20-22H2,1-4H3,(H,37,41)/t23-,24+,25+,32+/m1/s1. The van der Waals surface area contributed by atoms with Crippen LogP contribution < -0.4 is 10.1 Å². The molecule has 0 spiro atoms. The highest BCUT2D eigenvalue weighted by Crippen LogP contribution is 2.29. The summed E-state index contributed by atoms with van der Waals surface area (Å²) in [6.45, 7) is 5.64. The van der Waals surface area contributed by atoms with E-state index in [2.05, 4.69) is 10.3 Å². The predicted molar refractivity (Wildman–Crippen MR) is 175 cm³/mol. The molecular weight excluding hydrogens is 627 g/mol. The number of hydrogen-bond acceptors (Lipinski definition) is 8. The molecule has 11 nitrogen and oxygen atoms in total. The number of fused-ring (bicyclic) bond motifs is 1. The number of nitrogens with one attached hydrogen (secondary N) is 1. The molecule has 1 aliphatic heterocycles. The molecule has 13 heteroatoms. The molecule has 2 N–H and O–H groups in total. The van der Waals surface area contributed by atoms with Gasteiger partial charge in [0.05, 0.1) is 35.3 Å². The van der Waals surface area contributed by atoms with Crippen molar-refractivity contribution in [2.45, 2.75) is 63.2 Å². The minimum absolute atomic E-state index is 0.0162. The quantitative estimate of drug-likeness (QED) is 0.355. The molecule has 1 aromatic heterocycles. The van der Waals surface area contributed by atoms with E-state index >= 15 is 0 Å². The number of carbonyl (C=O) groups excluding carboxylic acids is 2. The van der Waals surface area contributed by atoms with Crippen LogP contribution in [-0.2, 0) is 14.8 Å². The number of hydrogen-bond donors (Lipinski definition) is 2. The van der Waals surface area contributed by atoms with Crippen molar-refractivity contribution in [3.05, 3.63) is 83.9 Å². The highest BCUT2D eigenvalue weighted by atomic mass is 32.2. The predicted octanol–water partition coefficient (Wildman–Crippen LogP) is 4.59. The molecule has 4 atom stereocenters. The van der Waals surface area contributed by atoms with Gasteiger partial charge in [0.15, 0.2) is 0 Å². The van der Waals surface area contributed by atoms with Crippen LogP contribution in [0.1, 0.15) is 60.7 Å². The van der Waals surface area contributed by atoms with Crippen molar-refractivity contribution in [3.63, 3.8) is 0 Å². The summed E-state index contributed by atoms with van der Waals surface area (Å²) in [5, 5.41) is 13.0. The average molecular weight is 671 g/mol. The average Bonchev–Trinajstić information content (AvgIpc) is 3.06. The number of nitrogens with zero attached hydrogens (tertiary/aromatic N) is 3. The minimum atomic E-state index is -3.96. The van der Waals surface area contributed by atoms with Crippen LogP contribution in [0.5, 0.6) is 5.75 Å². The molecule has 2 heterocycles. The lowest BCUT2D eigenvalue weighted by Crippen LogP contribution is -2.48. The number of aromatic nitrogens is 1. The molecule has 1 aliphatic rings. The molecule has 0 aliphatic carbocycles. The second-order valence-electron chi connectivity index (χ2n) is 11.9. The number of aliphatic hydroxyl groups excluding tert-OH is 1. The first-order valence-electron chi connectivity index (χ1n) is 15.7. The van der Waals surface area contributed by atoms with Crippen molar-refractivity contribution >= 4 is 27.5 Å². The number of anilines is 1. The van der Waals surface area contributed by atoms with Gasteiger partial charge in [-0.15, -0.1) is 0 Å². The molecule has 2 amide bonds. The SMILES string of the molecule is C[C@@H]1CN([C@@H](C)CO)C(=O)c2cc(NC(=O)c3ccncc3)ccc2O[C@@H](C)CCCCO[C@H]1CN(C)S(=O)(=O)c1ccc(F)cc1. The van der Waals surface area contributed by atoms with E-state index < -0.39 is 33.9 Å². The number of pyridine rings is 1. The van der Waals surface area contributed by atoms with Gasteiger partial charge < -0.3 is 24.8 Å². The zero-order chi connectivity index (χ0) is 34.1. The third-order valence-corrected chi connectivity index (χ3v) is 10.0. The third kappa shape index (κ3) is 9.34. The van der Waals surface area contributed by atoms with Gasteiger partial charge in [-0.2, -0.15) is 4.31 Å². The van der Waals surface area contributed by atoms with Gasteiger partial charge in [-0.25, -0.2) is 12.8 Å². The number of benzene rings is 2. The summed E-state index contributed by atoms with van der Waals surface area (Å²) in [7, 11) is -2.51. The summed E-state index contributed by atoms with van der Waals surface area (Å²) in [5.41, 5.74) is 0.996. The van der Waals surface area contributed by atoms with Crippen LogP contribution in [0.25, 0.3) is 0 Å². The van der Waals surface area contributed by atoms with E-state index in [0.29, 0.717) is 36.4 Å². The summed E-state index contributed by atoms with van der Waals surface area (Å²) in [6.07, 6.45) is 4.31. The number of rotatable bonds is 8. The first kappa shape index (κ1) is 35.9. The fraction of sp³-hybridized carbons (Fsp3) is 0.441. The van der Waals surface area contributed by atoms with Crippen LogP contribution in [0.2, 0.25) is 0 Å². The normalized spacial score (nSPS) is 20.5. The molecule has 0 fully saturated rings. The van der Waals surface area contributed by atoms with Gasteiger partial charge in [-0.1, -0.05) is 6.92 Å². The number of amides is 2. The Hall–Kier alpha value is -3.91. The van der Waals surface area contributed by atoms with Crippen molar-refractivity contribution < 1.29 is 37.0 Å². The molecule has 2 aromatic carbocycles. The number of likely N-dealkylation sites (N-methyl/N-ethyl adjacent to an activating group) is 1. The fourth-order valence-electron chi connectivity index (χ4n) is 5.31. The monoisotopic (exact) mass is 670 g/mol. The molecule has 3 aromatic rings. The van der Waals surface area contributed by atoms with Crippen molar-refractivity contribution in [2.75, 3.05) is 38.7 Å². The van der Waals surface area contributed by atoms with E-state index in [-0.39, 0.29) is 48.1 Å². The molecule has 0 unspecified atom stereocenters. The van der Waals surface area contributed by atoms with Gasteiger partial charge in [-0.05, 0) is 87.7 Å². The summed E-state index contributed by atoms with van der Waals surface area (Å²) in [4.78, 5) is 32.6. The molecule has 254 valence electrons. The summed E-state index contributed by atoms with van der Waals surface area (Å²) in [5.74, 6) is -1.36. The second-order valence-corrected chi connectivity index (χ2v) is 14.0. The van der Waals surface area contributed by atoms with Gasteiger partial charge in [0.1, 0.15) is 11.6 Å². The Morgan fingerprint density at radius 1 is 1.13 bits per heavy atom. The maximum absolute atomic E-state index is 14.3. The largest absolute Gasteiger partial charge is 0.490 e. The Bertz CT molecular complexity index is 1610. The Morgan fingerprint density at radius 3 is 2.51 bits per heavy atom. The fourth-order valence-corrected chi connectivity index (χ4v) is 6.49. The van der Waals surface area contributed by atoms with E-state index in [9.17, 15) is 27.5 Å². The van der Waals surface area contributed by atoms with Crippen molar-refractivity contribution in [1.29, 1.82) is 0 Å². The third-order valence-electron chi connectivity index (χ3n) is 8.21. The molecule has 0 radical (unpaired) electrons. The molecule has 0 saturated carbocycles. The number of ether oxygens (including phenoxy) is 2. The van der Waals surface area contributed by atoms with Crippen LogP contribution in [0.15, 0.2) is 71.9 Å². The minimum Gasteiger partial charge on any atom is -0.490 e. The number of sulfonamides is 1. The van der Waals surface area contributed by atoms with Crippen LogP contribution >= 0.6 is 0 Å². The Labute approximate surface area is 275 Å². The van der Waals surface area contributed by atoms with E-state index in [4.69, 9.17) is 9.47 Å². The zero-order valence-electron chi connectivity index (χ0n) is 27.1. The van der Waals surface area contributed by atoms with Gasteiger partial charge in [0.25, 0.3) is 11.8 Å². The maximum atomic E-state index is 14.3. The second kappa shape index (κ2) is 16.3. The van der Waals surface area contributed by atoms with Crippen molar-refractivity contribution in [1.82, 2.24) is 14.2 Å². The van der Waals surface area contributed by atoms with Crippen molar-refractivity contribution in [3.8, 4) is 5.75 Å². The van der Waals surface area contributed by atoms with Gasteiger partial charge in [0, 0.05) is 56.3 Å². The van der Waals surface area contributed by atoms with E-state index in [1.165, 1.54) is 40.8 Å². The summed E-state index contributed by atoms with van der Waals surface area (Å²) in [6, 6.07) is 12.1. The molecular formula is C34H43FN4O7S. The van der Waals surface area contributed by atoms with Crippen molar-refractivity contribution in [2.24, 2.45) is 5.92 Å². The van der Waals surface area contributed by atoms with Crippen LogP contribution in [0, 0.1) is 11.7 Å². The number of aliphatic hydroxyl groups is 1. The van der Waals surface area contributed by atoms with Crippen LogP contribution in [0.3, 0.4) is 0 Å². The lowest BCUT2D eigenvalue weighted by Gasteiger charge is -2.35. The van der Waals surface area contributed by atoms with Gasteiger partial charge >= 0.3 is 0 Å². The molecule has 47 heavy (non-hydrogen) atoms. The number of halogens is 1. The maximum Gasteiger partial charge on any atom is 0.258 e. The van der Waals surface area contributed by atoms with Gasteiger partial charge in [0.2, 0.25) is 10.0 Å². The zero-order valence-corrected chi connectivity index (χ0v) is 28.0. The highest BCUT2D eigenvalue weighted by Gasteiger charge is 2.32. The summed E-state index contributed by atoms with van der Waals surface area (Å²) < 4.78 is 53.8. The topological polar surface area (TPSA) is 138 Å². The first-order chi connectivity index (χ1) is 22.4. The Kier molecular flexibility index (Phi) is 12.4. The first-order valence-corrected chi connectivity index (χ1v) is 17.1. The van der Waals surface area contributed by atoms with E-state index in [0.717, 1.165) is 18.6 Å².